The van der Waals surface area contributed by atoms with Crippen molar-refractivity contribution < 1.29 is 27.5 Å². The van der Waals surface area contributed by atoms with Gasteiger partial charge in [-0.3, -0.25) is 9.59 Å². The number of nitrogens with zero attached hydrogens (tertiary/aromatic N) is 1. The van der Waals surface area contributed by atoms with Gasteiger partial charge in [-0.15, -0.1) is 11.8 Å². The van der Waals surface area contributed by atoms with Gasteiger partial charge in [0.15, 0.2) is 6.10 Å². The van der Waals surface area contributed by atoms with E-state index in [0.717, 1.165) is 0 Å². The van der Waals surface area contributed by atoms with Crippen LogP contribution in [0.3, 0.4) is 0 Å². The van der Waals surface area contributed by atoms with Gasteiger partial charge in [0.25, 0.3) is 5.91 Å². The lowest BCUT2D eigenvalue weighted by Crippen LogP contribution is -2.48. The first kappa shape index (κ1) is 23.6. The molecule has 0 aliphatic carbocycles. The quantitative estimate of drug-likeness (QED) is 0.583. The average molecular weight is 470 g/mol. The van der Waals surface area contributed by atoms with Gasteiger partial charge in [-0.25, -0.2) is 17.9 Å². The fraction of sp³-hybridized carbons (Fsp3) is 0.550. The molecule has 170 valence electrons. The topological polar surface area (TPSA) is 122 Å². The minimum absolute atomic E-state index is 0.0754. The second-order valence-corrected chi connectivity index (χ2v) is 11.3. The Hall–Kier alpha value is -2.11. The molecule has 1 aromatic rings. The second kappa shape index (κ2) is 8.79. The van der Waals surface area contributed by atoms with Crippen molar-refractivity contribution in [1.29, 1.82) is 0 Å². The Morgan fingerprint density at radius 2 is 1.87 bits per heavy atom. The maximum Gasteiger partial charge on any atom is 0.330 e. The Balaban J connectivity index is 1.58. The van der Waals surface area contributed by atoms with E-state index in [2.05, 4.69) is 10.0 Å². The number of ether oxygens (including phenoxy) is 1. The number of amides is 2. The summed E-state index contributed by atoms with van der Waals surface area (Å²) in [5.74, 6) is -0.787. The molecule has 2 amide bonds. The van der Waals surface area contributed by atoms with Gasteiger partial charge < -0.3 is 15.0 Å². The Morgan fingerprint density at radius 3 is 2.48 bits per heavy atom. The summed E-state index contributed by atoms with van der Waals surface area (Å²) in [5.41, 5.74) is 0.370. The van der Waals surface area contributed by atoms with Crippen LogP contribution in [-0.2, 0) is 29.1 Å². The molecule has 2 fully saturated rings. The van der Waals surface area contributed by atoms with Crippen molar-refractivity contribution in [3.8, 4) is 0 Å². The summed E-state index contributed by atoms with van der Waals surface area (Å²) >= 11 is 1.55. The second-order valence-electron chi connectivity index (χ2n) is 8.13. The number of sulfonamides is 1. The van der Waals surface area contributed by atoms with Crippen LogP contribution in [0.15, 0.2) is 29.2 Å². The van der Waals surface area contributed by atoms with Crippen LogP contribution < -0.4 is 10.0 Å². The third-order valence-corrected chi connectivity index (χ3v) is 8.38. The number of nitrogens with one attached hydrogen (secondary N) is 2. The van der Waals surface area contributed by atoms with Crippen molar-refractivity contribution in [3.63, 3.8) is 0 Å². The van der Waals surface area contributed by atoms with Gasteiger partial charge in [0, 0.05) is 23.9 Å². The molecule has 11 heteroatoms. The minimum Gasteiger partial charge on any atom is -0.451 e. The van der Waals surface area contributed by atoms with Crippen molar-refractivity contribution in [3.05, 3.63) is 24.3 Å². The van der Waals surface area contributed by atoms with E-state index in [1.807, 2.05) is 6.92 Å². The van der Waals surface area contributed by atoms with Crippen LogP contribution in [0, 0.1) is 0 Å². The number of carbonyl (C=O) groups excluding carboxylic acids is 3. The van der Waals surface area contributed by atoms with E-state index in [-0.39, 0.29) is 16.8 Å². The summed E-state index contributed by atoms with van der Waals surface area (Å²) in [6.07, 6.45) is 0.0178. The van der Waals surface area contributed by atoms with Crippen LogP contribution in [0.2, 0.25) is 0 Å². The molecule has 2 N–H and O–H groups in total. The van der Waals surface area contributed by atoms with Crippen molar-refractivity contribution in [2.24, 2.45) is 0 Å². The molecular formula is C20H27N3O6S2. The molecule has 0 bridgehead atoms. The van der Waals surface area contributed by atoms with E-state index in [4.69, 9.17) is 4.74 Å². The summed E-state index contributed by atoms with van der Waals surface area (Å²) in [6, 6.07) is 4.75. The van der Waals surface area contributed by atoms with E-state index < -0.39 is 38.9 Å². The zero-order chi connectivity index (χ0) is 23.0. The van der Waals surface area contributed by atoms with E-state index in [1.165, 1.54) is 31.2 Å². The number of hydrogen-bond donors (Lipinski definition) is 2. The fourth-order valence-corrected chi connectivity index (χ4v) is 6.31. The van der Waals surface area contributed by atoms with E-state index >= 15 is 0 Å². The highest BCUT2D eigenvalue weighted by atomic mass is 32.2. The van der Waals surface area contributed by atoms with Crippen LogP contribution in [0.1, 0.15) is 40.5 Å². The number of fused-ring (bicyclic) bond motifs is 1. The van der Waals surface area contributed by atoms with Crippen LogP contribution in [0.25, 0.3) is 0 Å². The molecule has 2 aliphatic heterocycles. The maximum atomic E-state index is 12.6. The summed E-state index contributed by atoms with van der Waals surface area (Å²) in [5, 5.41) is 2.60. The first-order valence-corrected chi connectivity index (χ1v) is 12.5. The fourth-order valence-electron chi connectivity index (χ4n) is 3.64. The number of hydrogen-bond acceptors (Lipinski definition) is 7. The first-order valence-electron chi connectivity index (χ1n) is 10.0. The van der Waals surface area contributed by atoms with E-state index in [9.17, 15) is 22.8 Å². The highest BCUT2D eigenvalue weighted by Crippen LogP contribution is 2.47. The third kappa shape index (κ3) is 5.04. The molecule has 2 saturated heterocycles. The molecule has 3 atom stereocenters. The summed E-state index contributed by atoms with van der Waals surface area (Å²) in [4.78, 5) is 38.5. The third-order valence-electron chi connectivity index (χ3n) is 5.20. The number of carbonyl (C=O) groups is 3. The molecule has 3 rings (SSSR count). The molecule has 0 saturated carbocycles. The van der Waals surface area contributed by atoms with Crippen LogP contribution in [0.4, 0.5) is 5.69 Å². The lowest BCUT2D eigenvalue weighted by Gasteiger charge is -2.29. The smallest absolute Gasteiger partial charge is 0.330 e. The van der Waals surface area contributed by atoms with Crippen molar-refractivity contribution in [2.75, 3.05) is 11.1 Å². The standard InChI is InChI=1S/C20H27N3O6S2/c1-12(2)22-31(27,28)15-7-5-14(6-8-15)21-18(25)13(3)29-19(26)16-11-30-20(4)10-9-17(24)23(16)20/h5-8,12-13,16,22H,9-11H2,1-4H3,(H,21,25)/t13-,16+,20-/m0/s1. The van der Waals surface area contributed by atoms with Gasteiger partial charge >= 0.3 is 5.97 Å². The zero-order valence-electron chi connectivity index (χ0n) is 17.9. The highest BCUT2D eigenvalue weighted by molar-refractivity contribution is 8.01. The minimum atomic E-state index is -3.63. The monoisotopic (exact) mass is 469 g/mol. The largest absolute Gasteiger partial charge is 0.451 e. The average Bonchev–Trinajstić information content (AvgIpc) is 3.17. The number of rotatable bonds is 7. The van der Waals surface area contributed by atoms with Gasteiger partial charge in [0.2, 0.25) is 15.9 Å². The molecule has 0 unspecified atom stereocenters. The van der Waals surface area contributed by atoms with Gasteiger partial charge in [-0.2, -0.15) is 0 Å². The molecule has 0 radical (unpaired) electrons. The molecule has 2 aliphatic rings. The van der Waals surface area contributed by atoms with E-state index in [1.54, 1.807) is 30.5 Å². The predicted octanol–water partition coefficient (Wildman–Crippen LogP) is 1.70. The molecular weight excluding hydrogens is 442 g/mol. The number of anilines is 1. The SMILES string of the molecule is CC(C)NS(=O)(=O)c1ccc(NC(=O)[C@H](C)OC(=O)[C@H]2CS[C@@]3(C)CCC(=O)N23)cc1. The van der Waals surface area contributed by atoms with Gasteiger partial charge in [0.05, 0.1) is 9.77 Å². The lowest BCUT2D eigenvalue weighted by atomic mass is 10.2. The summed E-state index contributed by atoms with van der Waals surface area (Å²) < 4.78 is 32.1. The summed E-state index contributed by atoms with van der Waals surface area (Å²) in [6.45, 7) is 6.83. The zero-order valence-corrected chi connectivity index (χ0v) is 19.5. The number of benzene rings is 1. The Morgan fingerprint density at radius 1 is 1.23 bits per heavy atom. The van der Waals surface area contributed by atoms with Gasteiger partial charge in [0.1, 0.15) is 6.04 Å². The predicted molar refractivity (Wildman–Crippen MR) is 117 cm³/mol. The molecule has 9 nitrogen and oxygen atoms in total. The van der Waals surface area contributed by atoms with Crippen molar-refractivity contribution in [2.45, 2.75) is 68.5 Å². The van der Waals surface area contributed by atoms with Crippen LogP contribution in [-0.4, -0.2) is 59.9 Å². The summed E-state index contributed by atoms with van der Waals surface area (Å²) in [7, 11) is -3.63. The Bertz CT molecular complexity index is 979. The maximum absolute atomic E-state index is 12.6. The molecule has 2 heterocycles. The Labute approximate surface area is 186 Å². The van der Waals surface area contributed by atoms with Gasteiger partial charge in [-0.1, -0.05) is 0 Å². The Kier molecular flexibility index (Phi) is 6.68. The molecule has 0 aromatic heterocycles. The first-order chi connectivity index (χ1) is 14.4. The van der Waals surface area contributed by atoms with Gasteiger partial charge in [-0.05, 0) is 58.4 Å². The van der Waals surface area contributed by atoms with Crippen LogP contribution >= 0.6 is 11.8 Å². The lowest BCUT2D eigenvalue weighted by molar-refractivity contribution is -0.160. The normalized spacial score (nSPS) is 24.2. The molecule has 31 heavy (non-hydrogen) atoms. The number of thioether (sulfide) groups is 1. The van der Waals surface area contributed by atoms with Crippen molar-refractivity contribution in [1.82, 2.24) is 9.62 Å². The van der Waals surface area contributed by atoms with Crippen molar-refractivity contribution >= 4 is 45.3 Å². The van der Waals surface area contributed by atoms with Crippen LogP contribution in [0.5, 0.6) is 0 Å². The molecule has 0 spiro atoms. The van der Waals surface area contributed by atoms with E-state index in [0.29, 0.717) is 24.3 Å². The number of esters is 1. The highest BCUT2D eigenvalue weighted by Gasteiger charge is 2.53. The molecule has 1 aromatic carbocycles.